The van der Waals surface area contributed by atoms with Crippen molar-refractivity contribution in [3.8, 4) is 0 Å². The molecule has 1 aliphatic carbocycles. The zero-order valence-electron chi connectivity index (χ0n) is 16.4. The standard InChI is InChI=1S/C19H31N5O3S/c1-13-2-4-14(5-3-13)24(15-6-9-20-10-7-15)19(27)23-18-22-12-16(28-18)21-11-8-17(25)26/h12-15,20-21H,2-11H2,1H3,(H,25,26)(H,22,23,27)/t13-,14-. The summed E-state index contributed by atoms with van der Waals surface area (Å²) in [6.07, 6.45) is 8.14. The fraction of sp³-hybridized carbons (Fsp3) is 0.737. The maximum absolute atomic E-state index is 13.2. The topological polar surface area (TPSA) is 107 Å². The van der Waals surface area contributed by atoms with Crippen molar-refractivity contribution in [3.63, 3.8) is 0 Å². The Labute approximate surface area is 170 Å². The van der Waals surface area contributed by atoms with Gasteiger partial charge >= 0.3 is 12.0 Å². The molecule has 8 nitrogen and oxygen atoms in total. The van der Waals surface area contributed by atoms with Crippen LogP contribution in [0.1, 0.15) is 51.9 Å². The molecule has 1 saturated carbocycles. The van der Waals surface area contributed by atoms with Crippen LogP contribution in [0.25, 0.3) is 0 Å². The molecule has 1 saturated heterocycles. The van der Waals surface area contributed by atoms with E-state index < -0.39 is 5.97 Å². The number of thiazole rings is 1. The first-order chi connectivity index (χ1) is 13.5. The van der Waals surface area contributed by atoms with E-state index in [1.165, 1.54) is 24.2 Å². The van der Waals surface area contributed by atoms with Crippen molar-refractivity contribution in [2.24, 2.45) is 5.92 Å². The number of carboxylic acid groups (broad SMARTS) is 1. The van der Waals surface area contributed by atoms with Crippen molar-refractivity contribution in [1.82, 2.24) is 15.2 Å². The highest BCUT2D eigenvalue weighted by Gasteiger charge is 2.33. The number of aliphatic carboxylic acids is 1. The number of aromatic nitrogens is 1. The summed E-state index contributed by atoms with van der Waals surface area (Å²) in [4.78, 5) is 30.2. The first kappa shape index (κ1) is 20.9. The molecule has 0 bridgehead atoms. The molecule has 2 fully saturated rings. The minimum absolute atomic E-state index is 0.0448. The third-order valence-electron chi connectivity index (χ3n) is 5.67. The number of carbonyl (C=O) groups is 2. The lowest BCUT2D eigenvalue weighted by Crippen LogP contribution is -2.53. The zero-order chi connectivity index (χ0) is 19.9. The molecule has 3 rings (SSSR count). The smallest absolute Gasteiger partial charge is 0.324 e. The van der Waals surface area contributed by atoms with Crippen LogP contribution in [0.2, 0.25) is 0 Å². The maximum Gasteiger partial charge on any atom is 0.324 e. The molecule has 0 spiro atoms. The molecule has 1 aliphatic heterocycles. The summed E-state index contributed by atoms with van der Waals surface area (Å²) < 4.78 is 0. The SMILES string of the molecule is C[C@H]1CC[C@H](N(C(=O)Nc2ncc(NCCC(=O)O)s2)C2CCNCC2)CC1. The number of rotatable bonds is 7. The number of hydrogen-bond acceptors (Lipinski definition) is 6. The van der Waals surface area contributed by atoms with E-state index in [0.29, 0.717) is 17.7 Å². The Morgan fingerprint density at radius 2 is 1.89 bits per heavy atom. The van der Waals surface area contributed by atoms with Crippen LogP contribution in [-0.2, 0) is 4.79 Å². The van der Waals surface area contributed by atoms with Crippen molar-refractivity contribution in [2.45, 2.75) is 64.0 Å². The summed E-state index contributed by atoms with van der Waals surface area (Å²) in [6, 6.07) is 0.512. The largest absolute Gasteiger partial charge is 0.481 e. The Morgan fingerprint density at radius 3 is 2.57 bits per heavy atom. The molecule has 0 unspecified atom stereocenters. The predicted molar refractivity (Wildman–Crippen MR) is 111 cm³/mol. The number of nitrogens with one attached hydrogen (secondary N) is 3. The van der Waals surface area contributed by atoms with Gasteiger partial charge in [0.1, 0.15) is 5.00 Å². The van der Waals surface area contributed by atoms with Crippen LogP contribution in [0, 0.1) is 5.92 Å². The second-order valence-electron chi connectivity index (χ2n) is 7.83. The Bertz CT molecular complexity index is 654. The van der Waals surface area contributed by atoms with Gasteiger partial charge < -0.3 is 20.6 Å². The number of anilines is 2. The molecule has 0 radical (unpaired) electrons. The maximum atomic E-state index is 13.2. The van der Waals surface area contributed by atoms with Gasteiger partial charge in [-0.15, -0.1) is 0 Å². The van der Waals surface area contributed by atoms with Crippen LogP contribution in [0.5, 0.6) is 0 Å². The molecule has 0 aromatic carbocycles. The monoisotopic (exact) mass is 409 g/mol. The first-order valence-corrected chi connectivity index (χ1v) is 11.1. The van der Waals surface area contributed by atoms with Gasteiger partial charge in [0.2, 0.25) is 0 Å². The number of carboxylic acids is 1. The summed E-state index contributed by atoms with van der Waals surface area (Å²) in [6.45, 7) is 4.53. The van der Waals surface area contributed by atoms with E-state index in [4.69, 9.17) is 5.11 Å². The van der Waals surface area contributed by atoms with Crippen molar-refractivity contribution < 1.29 is 14.7 Å². The van der Waals surface area contributed by atoms with Crippen LogP contribution in [0.15, 0.2) is 6.20 Å². The number of carbonyl (C=O) groups excluding carboxylic acids is 1. The lowest BCUT2D eigenvalue weighted by atomic mass is 9.85. The van der Waals surface area contributed by atoms with E-state index in [-0.39, 0.29) is 18.5 Å². The third kappa shape index (κ3) is 5.81. The molecule has 1 aromatic heterocycles. The summed E-state index contributed by atoms with van der Waals surface area (Å²) in [5, 5.41) is 19.4. The molecule has 2 amide bonds. The number of urea groups is 1. The van der Waals surface area contributed by atoms with Gasteiger partial charge in [0, 0.05) is 18.6 Å². The molecule has 4 N–H and O–H groups in total. The Hall–Kier alpha value is -1.87. The molecular weight excluding hydrogens is 378 g/mol. The van der Waals surface area contributed by atoms with Gasteiger partial charge in [0.25, 0.3) is 0 Å². The third-order valence-corrected chi connectivity index (χ3v) is 6.54. The first-order valence-electron chi connectivity index (χ1n) is 10.2. The molecular formula is C19H31N5O3S. The van der Waals surface area contributed by atoms with E-state index in [0.717, 1.165) is 49.7 Å². The number of piperidine rings is 1. The van der Waals surface area contributed by atoms with E-state index in [1.54, 1.807) is 6.20 Å². The second kappa shape index (κ2) is 10.1. The van der Waals surface area contributed by atoms with E-state index >= 15 is 0 Å². The average Bonchev–Trinajstić information content (AvgIpc) is 3.11. The van der Waals surface area contributed by atoms with Gasteiger partial charge in [0.15, 0.2) is 5.13 Å². The van der Waals surface area contributed by atoms with E-state index in [2.05, 4.69) is 32.8 Å². The lowest BCUT2D eigenvalue weighted by molar-refractivity contribution is -0.136. The van der Waals surface area contributed by atoms with Crippen LogP contribution >= 0.6 is 11.3 Å². The highest BCUT2D eigenvalue weighted by molar-refractivity contribution is 7.19. The highest BCUT2D eigenvalue weighted by atomic mass is 32.1. The summed E-state index contributed by atoms with van der Waals surface area (Å²) in [7, 11) is 0. The Balaban J connectivity index is 1.62. The van der Waals surface area contributed by atoms with Gasteiger partial charge in [-0.05, 0) is 57.5 Å². The molecule has 0 atom stereocenters. The van der Waals surface area contributed by atoms with Gasteiger partial charge in [0.05, 0.1) is 12.6 Å². The fourth-order valence-electron chi connectivity index (χ4n) is 4.10. The van der Waals surface area contributed by atoms with E-state index in [1.807, 2.05) is 0 Å². The summed E-state index contributed by atoms with van der Waals surface area (Å²) in [5.41, 5.74) is 0. The van der Waals surface area contributed by atoms with Gasteiger partial charge in [-0.2, -0.15) is 0 Å². The lowest BCUT2D eigenvalue weighted by Gasteiger charge is -2.42. The van der Waals surface area contributed by atoms with Gasteiger partial charge in [-0.25, -0.2) is 9.78 Å². The fourth-order valence-corrected chi connectivity index (χ4v) is 4.83. The predicted octanol–water partition coefficient (Wildman–Crippen LogP) is 3.19. The Kier molecular flexibility index (Phi) is 7.50. The minimum atomic E-state index is -0.843. The van der Waals surface area contributed by atoms with Crippen LogP contribution < -0.4 is 16.0 Å². The zero-order valence-corrected chi connectivity index (χ0v) is 17.3. The number of nitrogens with zero attached hydrogens (tertiary/aromatic N) is 2. The summed E-state index contributed by atoms with van der Waals surface area (Å²) >= 11 is 1.34. The average molecular weight is 410 g/mol. The van der Waals surface area contributed by atoms with Crippen LogP contribution in [-0.4, -0.2) is 58.7 Å². The normalized spacial score (nSPS) is 23.2. The van der Waals surface area contributed by atoms with Gasteiger partial charge in [-0.3, -0.25) is 10.1 Å². The Morgan fingerprint density at radius 1 is 1.21 bits per heavy atom. The number of amides is 2. The van der Waals surface area contributed by atoms with Crippen molar-refractivity contribution in [1.29, 1.82) is 0 Å². The second-order valence-corrected chi connectivity index (χ2v) is 8.86. The van der Waals surface area contributed by atoms with Crippen LogP contribution in [0.3, 0.4) is 0 Å². The molecule has 9 heteroatoms. The number of hydrogen-bond donors (Lipinski definition) is 4. The molecule has 2 aliphatic rings. The summed E-state index contributed by atoms with van der Waals surface area (Å²) in [5.74, 6) is -0.0995. The quantitative estimate of drug-likeness (QED) is 0.551. The van der Waals surface area contributed by atoms with Crippen molar-refractivity contribution in [2.75, 3.05) is 30.3 Å². The van der Waals surface area contributed by atoms with Gasteiger partial charge in [-0.1, -0.05) is 18.3 Å². The minimum Gasteiger partial charge on any atom is -0.481 e. The molecule has 156 valence electrons. The van der Waals surface area contributed by atoms with E-state index in [9.17, 15) is 9.59 Å². The molecule has 1 aromatic rings. The van der Waals surface area contributed by atoms with Crippen LogP contribution in [0.4, 0.5) is 14.9 Å². The highest BCUT2D eigenvalue weighted by Crippen LogP contribution is 2.31. The van der Waals surface area contributed by atoms with Crippen molar-refractivity contribution >= 4 is 33.5 Å². The molecule has 2 heterocycles. The molecule has 28 heavy (non-hydrogen) atoms. The van der Waals surface area contributed by atoms with Crippen molar-refractivity contribution in [3.05, 3.63) is 6.20 Å².